The normalized spacial score (nSPS) is 10.6. The molecule has 3 heteroatoms. The first-order valence-electron chi connectivity index (χ1n) is 4.76. The molecule has 0 saturated carbocycles. The maximum atomic E-state index is 4.94. The van der Waals surface area contributed by atoms with E-state index in [1.807, 2.05) is 11.3 Å². The van der Waals surface area contributed by atoms with Crippen molar-refractivity contribution in [2.24, 2.45) is 5.90 Å². The Balaban J connectivity index is 2.20. The highest BCUT2D eigenvalue weighted by atomic mass is 32.1. The van der Waals surface area contributed by atoms with Crippen LogP contribution < -0.4 is 5.90 Å². The fraction of sp³-hybridized carbons (Fsp3) is 0.600. The lowest BCUT2D eigenvalue weighted by atomic mass is 10.2. The summed E-state index contributed by atoms with van der Waals surface area (Å²) in [7, 11) is 0. The van der Waals surface area contributed by atoms with E-state index in [0.717, 1.165) is 19.3 Å². The van der Waals surface area contributed by atoms with Crippen LogP contribution in [0.2, 0.25) is 0 Å². The molecule has 1 heterocycles. The Bertz CT molecular complexity index is 235. The summed E-state index contributed by atoms with van der Waals surface area (Å²) in [5.41, 5.74) is 0. The van der Waals surface area contributed by atoms with Crippen LogP contribution in [0.5, 0.6) is 0 Å². The van der Waals surface area contributed by atoms with Crippen molar-refractivity contribution >= 4 is 11.3 Å². The van der Waals surface area contributed by atoms with Gasteiger partial charge in [-0.15, -0.1) is 11.3 Å². The van der Waals surface area contributed by atoms with Gasteiger partial charge in [0.2, 0.25) is 0 Å². The number of hydrogen-bond acceptors (Lipinski definition) is 3. The second-order valence-corrected chi connectivity index (χ2v) is 4.30. The first-order valence-corrected chi connectivity index (χ1v) is 5.57. The molecule has 0 fully saturated rings. The van der Waals surface area contributed by atoms with E-state index < -0.39 is 0 Å². The number of rotatable bonds is 6. The molecule has 1 aromatic heterocycles. The third-order valence-corrected chi connectivity index (χ3v) is 3.29. The Morgan fingerprint density at radius 3 is 2.69 bits per heavy atom. The summed E-state index contributed by atoms with van der Waals surface area (Å²) in [6.45, 7) is 2.86. The lowest BCUT2D eigenvalue weighted by molar-refractivity contribution is 0.134. The number of aryl methyl sites for hydroxylation is 2. The standard InChI is InChI=1S/C10H17NOS/c1-2-9-6-7-10(13-9)5-3-4-8-12-11/h6-7H,2-5,8,11H2,1H3. The van der Waals surface area contributed by atoms with Gasteiger partial charge in [-0.1, -0.05) is 6.92 Å². The molecule has 0 aromatic carbocycles. The second-order valence-electron chi connectivity index (χ2n) is 3.05. The number of nitrogens with two attached hydrogens (primary N) is 1. The van der Waals surface area contributed by atoms with Crippen molar-refractivity contribution in [3.05, 3.63) is 21.9 Å². The van der Waals surface area contributed by atoms with Crippen LogP contribution in [-0.2, 0) is 17.7 Å². The third-order valence-electron chi connectivity index (χ3n) is 2.00. The maximum absolute atomic E-state index is 4.94. The van der Waals surface area contributed by atoms with E-state index in [2.05, 4.69) is 23.9 Å². The molecular formula is C10H17NOS. The monoisotopic (exact) mass is 199 g/mol. The Morgan fingerprint density at radius 1 is 1.31 bits per heavy atom. The summed E-state index contributed by atoms with van der Waals surface area (Å²) in [6, 6.07) is 4.45. The first-order chi connectivity index (χ1) is 6.36. The predicted molar refractivity (Wildman–Crippen MR) is 56.8 cm³/mol. The zero-order chi connectivity index (χ0) is 9.52. The Hall–Kier alpha value is -0.380. The van der Waals surface area contributed by atoms with Crippen LogP contribution in [0.15, 0.2) is 12.1 Å². The van der Waals surface area contributed by atoms with Gasteiger partial charge in [0.05, 0.1) is 6.61 Å². The lowest BCUT2D eigenvalue weighted by Crippen LogP contribution is -2.00. The Morgan fingerprint density at radius 2 is 2.08 bits per heavy atom. The van der Waals surface area contributed by atoms with Gasteiger partial charge in [0, 0.05) is 9.75 Å². The van der Waals surface area contributed by atoms with Gasteiger partial charge in [-0.25, -0.2) is 5.90 Å². The van der Waals surface area contributed by atoms with Crippen LogP contribution in [0.1, 0.15) is 29.5 Å². The summed E-state index contributed by atoms with van der Waals surface area (Å²) >= 11 is 1.92. The van der Waals surface area contributed by atoms with Crippen LogP contribution in [0, 0.1) is 0 Å². The first kappa shape index (κ1) is 10.7. The van der Waals surface area contributed by atoms with Crippen molar-refractivity contribution in [2.45, 2.75) is 32.6 Å². The summed E-state index contributed by atoms with van der Waals surface area (Å²) in [4.78, 5) is 7.47. The second kappa shape index (κ2) is 6.13. The zero-order valence-electron chi connectivity index (χ0n) is 8.08. The molecule has 74 valence electrons. The number of thiophene rings is 1. The smallest absolute Gasteiger partial charge is 0.0679 e. The average molecular weight is 199 g/mol. The highest BCUT2D eigenvalue weighted by molar-refractivity contribution is 7.11. The van der Waals surface area contributed by atoms with Crippen molar-refractivity contribution in [3.63, 3.8) is 0 Å². The van der Waals surface area contributed by atoms with Crippen molar-refractivity contribution in [1.82, 2.24) is 0 Å². The van der Waals surface area contributed by atoms with Crippen LogP contribution in [0.3, 0.4) is 0 Å². The molecule has 0 amide bonds. The molecule has 0 bridgehead atoms. The SMILES string of the molecule is CCc1ccc(CCCCON)s1. The molecular weight excluding hydrogens is 182 g/mol. The molecule has 0 aliphatic carbocycles. The van der Waals surface area contributed by atoms with E-state index in [0.29, 0.717) is 6.61 Å². The topological polar surface area (TPSA) is 35.2 Å². The van der Waals surface area contributed by atoms with Gasteiger partial charge in [0.25, 0.3) is 0 Å². The molecule has 13 heavy (non-hydrogen) atoms. The quantitative estimate of drug-likeness (QED) is 0.564. The van der Waals surface area contributed by atoms with E-state index in [1.54, 1.807) is 0 Å². The minimum atomic E-state index is 0.673. The molecule has 0 spiro atoms. The predicted octanol–water partition coefficient (Wildman–Crippen LogP) is 2.52. The number of unbranched alkanes of at least 4 members (excludes halogenated alkanes) is 1. The van der Waals surface area contributed by atoms with Crippen LogP contribution in [0.25, 0.3) is 0 Å². The molecule has 2 nitrogen and oxygen atoms in total. The molecule has 2 N–H and O–H groups in total. The Kier molecular flexibility index (Phi) is 5.05. The van der Waals surface area contributed by atoms with E-state index in [1.165, 1.54) is 16.2 Å². The average Bonchev–Trinajstić information content (AvgIpc) is 2.60. The molecule has 0 radical (unpaired) electrons. The molecule has 0 unspecified atom stereocenters. The third kappa shape index (κ3) is 3.89. The zero-order valence-corrected chi connectivity index (χ0v) is 8.90. The Labute approximate surface area is 83.7 Å². The van der Waals surface area contributed by atoms with E-state index in [-0.39, 0.29) is 0 Å². The summed E-state index contributed by atoms with van der Waals surface area (Å²) in [5, 5.41) is 0. The molecule has 0 saturated heterocycles. The van der Waals surface area contributed by atoms with Crippen molar-refractivity contribution in [3.8, 4) is 0 Å². The summed E-state index contributed by atoms with van der Waals surface area (Å²) < 4.78 is 0. The molecule has 1 rings (SSSR count). The van der Waals surface area contributed by atoms with Gasteiger partial charge in [-0.3, -0.25) is 0 Å². The fourth-order valence-electron chi connectivity index (χ4n) is 1.23. The van der Waals surface area contributed by atoms with E-state index >= 15 is 0 Å². The molecule has 0 atom stereocenters. The minimum Gasteiger partial charge on any atom is -0.305 e. The molecule has 0 aliphatic heterocycles. The fourth-order valence-corrected chi connectivity index (χ4v) is 2.23. The van der Waals surface area contributed by atoms with Crippen LogP contribution >= 0.6 is 11.3 Å². The molecule has 0 aliphatic rings. The summed E-state index contributed by atoms with van der Waals surface area (Å²) in [5.74, 6) is 4.94. The largest absolute Gasteiger partial charge is 0.305 e. The highest BCUT2D eigenvalue weighted by Gasteiger charge is 1.97. The van der Waals surface area contributed by atoms with Gasteiger partial charge < -0.3 is 4.84 Å². The maximum Gasteiger partial charge on any atom is 0.0679 e. The highest BCUT2D eigenvalue weighted by Crippen LogP contribution is 2.18. The van der Waals surface area contributed by atoms with Gasteiger partial charge in [0.15, 0.2) is 0 Å². The van der Waals surface area contributed by atoms with E-state index in [9.17, 15) is 0 Å². The van der Waals surface area contributed by atoms with Gasteiger partial charge in [-0.2, -0.15) is 0 Å². The van der Waals surface area contributed by atoms with Crippen molar-refractivity contribution in [2.75, 3.05) is 6.61 Å². The van der Waals surface area contributed by atoms with Gasteiger partial charge in [-0.05, 0) is 37.8 Å². The van der Waals surface area contributed by atoms with Gasteiger partial charge >= 0.3 is 0 Å². The van der Waals surface area contributed by atoms with Crippen molar-refractivity contribution < 1.29 is 4.84 Å². The minimum absolute atomic E-state index is 0.673. The van der Waals surface area contributed by atoms with E-state index in [4.69, 9.17) is 5.90 Å². The van der Waals surface area contributed by atoms with Crippen LogP contribution in [-0.4, -0.2) is 6.61 Å². The van der Waals surface area contributed by atoms with Crippen molar-refractivity contribution in [1.29, 1.82) is 0 Å². The lowest BCUT2D eigenvalue weighted by Gasteiger charge is -1.96. The van der Waals surface area contributed by atoms with Gasteiger partial charge in [0.1, 0.15) is 0 Å². The summed E-state index contributed by atoms with van der Waals surface area (Å²) in [6.07, 6.45) is 4.53. The molecule has 1 aromatic rings. The number of hydrogen-bond donors (Lipinski definition) is 1. The van der Waals surface area contributed by atoms with Crippen LogP contribution in [0.4, 0.5) is 0 Å².